The topological polar surface area (TPSA) is 466 Å². The summed E-state index contributed by atoms with van der Waals surface area (Å²) in [5.74, 6) is -5.36. The lowest BCUT2D eigenvalue weighted by Gasteiger charge is -2.40. The molecule has 4 fully saturated rings. The van der Waals surface area contributed by atoms with E-state index in [-0.39, 0.29) is 71.7 Å². The van der Waals surface area contributed by atoms with Crippen LogP contribution in [-0.4, -0.2) is 295 Å². The van der Waals surface area contributed by atoms with Crippen LogP contribution in [0.15, 0.2) is 0 Å². The fourth-order valence-electron chi connectivity index (χ4n) is 9.58. The first kappa shape index (κ1) is 72.4. The van der Waals surface area contributed by atoms with E-state index in [2.05, 4.69) is 20.5 Å². The summed E-state index contributed by atoms with van der Waals surface area (Å²) in [5.41, 5.74) is -1.63. The fraction of sp³-hybridized carbons (Fsp3) is 0.900. The van der Waals surface area contributed by atoms with Crippen LogP contribution in [0.4, 0.5) is 0 Å². The number of ketones is 1. The molecule has 4 heterocycles. The van der Waals surface area contributed by atoms with Crippen LogP contribution in [0.3, 0.4) is 0 Å². The lowest BCUT2D eigenvalue weighted by atomic mass is 9.84. The molecule has 7 unspecified atom stereocenters. The van der Waals surface area contributed by atoms with Crippen LogP contribution in [0.5, 0.6) is 0 Å². The normalized spacial score (nSPS) is 32.6. The molecule has 0 aliphatic carbocycles. The summed E-state index contributed by atoms with van der Waals surface area (Å²) < 4.78 is 72.8. The van der Waals surface area contributed by atoms with Gasteiger partial charge in [0, 0.05) is 62.9 Å². The summed E-state index contributed by atoms with van der Waals surface area (Å²) in [5, 5.41) is 108. The molecule has 32 nitrogen and oxygen atoms in total. The molecule has 4 aliphatic rings. The molecule has 482 valence electrons. The van der Waals surface area contributed by atoms with Crippen molar-refractivity contribution in [2.45, 2.75) is 145 Å². The maximum absolute atomic E-state index is 14.1. The predicted octanol–water partition coefficient (Wildman–Crippen LogP) is -6.11. The first-order valence-electron chi connectivity index (χ1n) is 27.7. The van der Waals surface area contributed by atoms with E-state index >= 15 is 0 Å². The van der Waals surface area contributed by atoms with Gasteiger partial charge in [0.1, 0.15) is 62.2 Å². The standard InChI is InChI=1S/C50H89N4O28P/c1-28-41(64)44(67)34(18-55)80-47(28)76-11-5-8-51-37(60)22-73-25-50(16-32(58)15-40(63)54-17-33(59)14-31(54)21-79-83(70,71)72-4,26-74-23-38(61)52-9-6-12-77-48-29(2)42(65)45(68)35(19-56)81-48)27-75-24-39(62)53-10-7-13-78-49-30(3)43(66)46(69)36(20-57)82-49/h28-31,33-36,41-49,55-57,59,64-69H,5-27H2,1-4H3,(H,51,60)(H,52,61)(H,53,62)(H,70,71)/t28?,29?,30?,31-,33+,34?,35?,36?,41+,42+,43+,44-,45-,46-,47+,48+,49+,50?/m0/s1. The molecule has 0 aromatic carbocycles. The molecule has 4 aliphatic heterocycles. The number of likely N-dealkylation sites (tertiary alicyclic amines) is 1. The molecule has 0 spiro atoms. The zero-order valence-electron chi connectivity index (χ0n) is 47.3. The number of nitrogens with zero attached hydrogens (tertiary/aromatic N) is 1. The summed E-state index contributed by atoms with van der Waals surface area (Å²) >= 11 is 0. The molecule has 0 saturated carbocycles. The second kappa shape index (κ2) is 36.3. The summed E-state index contributed by atoms with van der Waals surface area (Å²) in [6.45, 7) is -0.684. The molecule has 0 bridgehead atoms. The Kier molecular flexibility index (Phi) is 31.6. The van der Waals surface area contributed by atoms with Gasteiger partial charge in [0.25, 0.3) is 0 Å². The highest BCUT2D eigenvalue weighted by atomic mass is 31.2. The highest BCUT2D eigenvalue weighted by Gasteiger charge is 2.45. The van der Waals surface area contributed by atoms with Gasteiger partial charge in [0.2, 0.25) is 23.6 Å². The lowest BCUT2D eigenvalue weighted by Crippen LogP contribution is -2.55. The molecule has 83 heavy (non-hydrogen) atoms. The lowest BCUT2D eigenvalue weighted by molar-refractivity contribution is -0.282. The number of rotatable bonds is 38. The van der Waals surface area contributed by atoms with E-state index in [0.717, 1.165) is 12.0 Å². The zero-order valence-corrected chi connectivity index (χ0v) is 48.2. The van der Waals surface area contributed by atoms with Gasteiger partial charge in [-0.2, -0.15) is 0 Å². The van der Waals surface area contributed by atoms with Crippen molar-refractivity contribution in [1.29, 1.82) is 0 Å². The van der Waals surface area contributed by atoms with Gasteiger partial charge in [0.05, 0.1) is 103 Å². The van der Waals surface area contributed by atoms with E-state index in [9.17, 15) is 84.5 Å². The number of nitrogens with one attached hydrogen (secondary N) is 3. The molecule has 18 atom stereocenters. The van der Waals surface area contributed by atoms with Crippen molar-refractivity contribution in [3.63, 3.8) is 0 Å². The third-order valence-corrected chi connectivity index (χ3v) is 15.5. The molecule has 33 heteroatoms. The number of amides is 4. The van der Waals surface area contributed by atoms with E-state index < -0.39 is 225 Å². The SMILES string of the molecule is COP(=O)(O)OC[C@@H]1C[C@@H](O)CN1C(=O)CC(=O)CC(COCC(=O)NCCCO[C@@H]1OC(CO)[C@H](O)[C@H](O)C1C)(COCC(=O)NCCCO[C@@H]1OC(CO)[C@H](O)[C@H](O)C1C)COCC(=O)NCCCO[C@@H]1OC(CO)[C@H](O)[C@H](O)C1C. The van der Waals surface area contributed by atoms with Crippen molar-refractivity contribution in [2.24, 2.45) is 23.2 Å². The number of phosphoric ester groups is 1. The first-order chi connectivity index (χ1) is 39.4. The van der Waals surface area contributed by atoms with Crippen molar-refractivity contribution in [2.75, 3.05) is 119 Å². The zero-order chi connectivity index (χ0) is 61.4. The van der Waals surface area contributed by atoms with Gasteiger partial charge in [-0.15, -0.1) is 0 Å². The summed E-state index contributed by atoms with van der Waals surface area (Å²) in [6, 6.07) is -0.931. The predicted molar refractivity (Wildman–Crippen MR) is 280 cm³/mol. The van der Waals surface area contributed by atoms with Crippen LogP contribution >= 0.6 is 7.82 Å². The van der Waals surface area contributed by atoms with Crippen LogP contribution in [0, 0.1) is 23.2 Å². The van der Waals surface area contributed by atoms with E-state index in [1.807, 2.05) is 0 Å². The Labute approximate surface area is 480 Å². The summed E-state index contributed by atoms with van der Waals surface area (Å²) in [6.07, 6.45) is -15.5. The van der Waals surface area contributed by atoms with Crippen LogP contribution < -0.4 is 16.0 Å². The maximum Gasteiger partial charge on any atom is 0.471 e. The van der Waals surface area contributed by atoms with Crippen molar-refractivity contribution < 1.29 is 136 Å². The Morgan fingerprint density at radius 1 is 0.590 bits per heavy atom. The number of phosphoric acid groups is 1. The van der Waals surface area contributed by atoms with Crippen molar-refractivity contribution in [3.8, 4) is 0 Å². The molecule has 0 aromatic rings. The quantitative estimate of drug-likeness (QED) is 0.0155. The van der Waals surface area contributed by atoms with Gasteiger partial charge in [-0.1, -0.05) is 20.8 Å². The van der Waals surface area contributed by atoms with Gasteiger partial charge in [-0.3, -0.25) is 33.0 Å². The number of aliphatic hydroxyl groups is 10. The molecular weight excluding hydrogens is 1140 g/mol. The minimum Gasteiger partial charge on any atom is -0.394 e. The Balaban J connectivity index is 1.42. The number of β-amino-alcohol motifs (C(OH)–C–C–N with tert-alkyl or cyclic N) is 1. The van der Waals surface area contributed by atoms with Crippen molar-refractivity contribution in [3.05, 3.63) is 0 Å². The number of carbonyl (C=O) groups is 5. The molecule has 0 aromatic heterocycles. The van der Waals surface area contributed by atoms with Crippen LogP contribution in [0.2, 0.25) is 0 Å². The van der Waals surface area contributed by atoms with E-state index in [0.29, 0.717) is 0 Å². The van der Waals surface area contributed by atoms with E-state index in [1.54, 1.807) is 20.8 Å². The van der Waals surface area contributed by atoms with Crippen molar-refractivity contribution >= 4 is 37.2 Å². The number of aliphatic hydroxyl groups excluding tert-OH is 10. The Morgan fingerprint density at radius 3 is 1.29 bits per heavy atom. The van der Waals surface area contributed by atoms with E-state index in [4.69, 9.17) is 47.2 Å². The maximum atomic E-state index is 14.1. The highest BCUT2D eigenvalue weighted by molar-refractivity contribution is 7.47. The molecule has 4 rings (SSSR count). The Hall–Kier alpha value is -3.10. The van der Waals surface area contributed by atoms with Gasteiger partial charge in [-0.05, 0) is 25.7 Å². The average molecular weight is 1230 g/mol. The minimum atomic E-state index is -4.49. The smallest absolute Gasteiger partial charge is 0.394 e. The highest BCUT2D eigenvalue weighted by Crippen LogP contribution is 2.43. The fourth-order valence-corrected chi connectivity index (χ4v) is 10.0. The van der Waals surface area contributed by atoms with Gasteiger partial charge < -0.3 is 119 Å². The van der Waals surface area contributed by atoms with Crippen LogP contribution in [0.25, 0.3) is 0 Å². The number of hydrogen-bond acceptors (Lipinski definition) is 27. The van der Waals surface area contributed by atoms with Crippen molar-refractivity contribution in [1.82, 2.24) is 20.9 Å². The monoisotopic (exact) mass is 1220 g/mol. The molecule has 14 N–H and O–H groups in total. The van der Waals surface area contributed by atoms with Crippen LogP contribution in [-0.2, 0) is 80.2 Å². The Morgan fingerprint density at radius 2 is 0.952 bits per heavy atom. The second-order valence-electron chi connectivity index (χ2n) is 21.3. The molecular formula is C50H89N4O28P. The van der Waals surface area contributed by atoms with Crippen LogP contribution in [0.1, 0.15) is 59.3 Å². The molecule has 4 amide bonds. The number of carbonyl (C=O) groups excluding carboxylic acids is 5. The summed E-state index contributed by atoms with van der Waals surface area (Å²) in [7, 11) is -3.55. The van der Waals surface area contributed by atoms with Gasteiger partial charge in [-0.25, -0.2) is 4.57 Å². The van der Waals surface area contributed by atoms with Gasteiger partial charge in [0.15, 0.2) is 18.9 Å². The average Bonchev–Trinajstić information content (AvgIpc) is 3.93. The van der Waals surface area contributed by atoms with E-state index in [1.165, 1.54) is 0 Å². The second-order valence-corrected chi connectivity index (χ2v) is 22.9. The minimum absolute atomic E-state index is 0.0343. The third-order valence-electron chi connectivity index (χ3n) is 14.6. The number of ether oxygens (including phenoxy) is 9. The Bertz CT molecular complexity index is 1860. The largest absolute Gasteiger partial charge is 0.471 e. The molecule has 4 saturated heterocycles. The first-order valence-corrected chi connectivity index (χ1v) is 29.2. The number of Topliss-reactive ketones (excluding diaryl/α,β-unsaturated/α-hetero) is 1. The summed E-state index contributed by atoms with van der Waals surface area (Å²) in [4.78, 5) is 78.0. The molecule has 0 radical (unpaired) electrons. The number of hydrogen-bond donors (Lipinski definition) is 14. The van der Waals surface area contributed by atoms with Gasteiger partial charge >= 0.3 is 7.82 Å². The third kappa shape index (κ3) is 23.2.